The first-order chi connectivity index (χ1) is 5.91. The molecule has 1 aromatic rings. The summed E-state index contributed by atoms with van der Waals surface area (Å²) in [6.07, 6.45) is 1.17. The van der Waals surface area contributed by atoms with E-state index in [2.05, 4.69) is 4.98 Å². The Morgan fingerprint density at radius 3 is 2.38 bits per heavy atom. The summed E-state index contributed by atoms with van der Waals surface area (Å²) in [6.45, 7) is -4.92. The Morgan fingerprint density at radius 2 is 1.92 bits per heavy atom. The first kappa shape index (κ1) is 9.89. The average molecular weight is 189 g/mol. The molecule has 6 heteroatoms. The van der Waals surface area contributed by atoms with Crippen LogP contribution in [-0.4, -0.2) is 26.1 Å². The van der Waals surface area contributed by atoms with E-state index in [1.807, 2.05) is 0 Å². The zero-order valence-corrected chi connectivity index (χ0v) is 7.34. The van der Waals surface area contributed by atoms with Crippen molar-refractivity contribution in [3.63, 3.8) is 0 Å². The number of halogens is 3. The van der Waals surface area contributed by atoms with Crippen LogP contribution in [0.5, 0.6) is 0 Å². The Hall–Kier alpha value is -1.20. The first-order valence-corrected chi connectivity index (χ1v) is 3.74. The van der Waals surface area contributed by atoms with Gasteiger partial charge in [0, 0.05) is 20.3 Å². The average Bonchev–Trinajstić information content (AvgIpc) is 2.03. The largest absolute Gasteiger partial charge is 0.509 e. The molecule has 0 aromatic carbocycles. The van der Waals surface area contributed by atoms with Crippen LogP contribution in [-0.2, 0) is 0 Å². The summed E-state index contributed by atoms with van der Waals surface area (Å²) in [7, 11) is 3.30. The van der Waals surface area contributed by atoms with Crippen molar-refractivity contribution in [1.29, 1.82) is 0 Å². The fourth-order valence-electron chi connectivity index (χ4n) is 0.882. The van der Waals surface area contributed by atoms with E-state index in [4.69, 9.17) is 0 Å². The molecule has 0 saturated carbocycles. The van der Waals surface area contributed by atoms with Gasteiger partial charge < -0.3 is 17.8 Å². The van der Waals surface area contributed by atoms with Crippen LogP contribution in [0, 0.1) is 0 Å². The predicted octanol–water partition coefficient (Wildman–Crippen LogP) is 1.20. The number of nitrogens with zero attached hydrogens (tertiary/aromatic N) is 2. The highest BCUT2D eigenvalue weighted by molar-refractivity contribution is 6.73. The lowest BCUT2D eigenvalue weighted by atomic mass is 9.81. The molecule has 0 aliphatic heterocycles. The van der Waals surface area contributed by atoms with Crippen molar-refractivity contribution in [1.82, 2.24) is 4.98 Å². The molecule has 0 fully saturated rings. The number of hydrogen-bond acceptors (Lipinski definition) is 2. The third kappa shape index (κ3) is 2.37. The molecule has 2 nitrogen and oxygen atoms in total. The van der Waals surface area contributed by atoms with Crippen LogP contribution in [0.2, 0.25) is 0 Å². The Balaban J connectivity index is 3.06. The maximum Gasteiger partial charge on any atom is 0.509 e. The summed E-state index contributed by atoms with van der Waals surface area (Å²) < 4.78 is 36.7. The van der Waals surface area contributed by atoms with Crippen molar-refractivity contribution in [2.75, 3.05) is 19.0 Å². The molecule has 1 heterocycles. The quantitative estimate of drug-likeness (QED) is 0.649. The summed E-state index contributed by atoms with van der Waals surface area (Å²) in [6, 6.07) is 2.02. The highest BCUT2D eigenvalue weighted by Crippen LogP contribution is 2.11. The van der Waals surface area contributed by atoms with Gasteiger partial charge in [-0.05, 0) is 6.07 Å². The number of pyridine rings is 1. The van der Waals surface area contributed by atoms with Gasteiger partial charge in [-0.15, -0.1) is 5.46 Å². The molecule has 13 heavy (non-hydrogen) atoms. The van der Waals surface area contributed by atoms with Crippen LogP contribution in [0.25, 0.3) is 0 Å². The van der Waals surface area contributed by atoms with Gasteiger partial charge in [-0.1, -0.05) is 6.07 Å². The lowest BCUT2D eigenvalue weighted by Gasteiger charge is -2.17. The van der Waals surface area contributed by atoms with Crippen LogP contribution in [0.4, 0.5) is 18.8 Å². The molecule has 0 amide bonds. The van der Waals surface area contributed by atoms with E-state index in [0.717, 1.165) is 12.1 Å². The van der Waals surface area contributed by atoms with Gasteiger partial charge in [-0.2, -0.15) is 0 Å². The van der Waals surface area contributed by atoms with E-state index in [1.165, 1.54) is 11.1 Å². The number of anilines is 1. The van der Waals surface area contributed by atoms with E-state index in [0.29, 0.717) is 5.82 Å². The van der Waals surface area contributed by atoms with E-state index in [9.17, 15) is 12.9 Å². The molecular formula is C7H9BF3N2-. The Morgan fingerprint density at radius 1 is 1.31 bits per heavy atom. The minimum atomic E-state index is -4.92. The van der Waals surface area contributed by atoms with Crippen molar-refractivity contribution in [2.45, 2.75) is 0 Å². The number of hydrogen-bond donors (Lipinski definition) is 0. The first-order valence-electron chi connectivity index (χ1n) is 3.74. The van der Waals surface area contributed by atoms with Gasteiger partial charge in [-0.25, -0.2) is 4.98 Å². The molecule has 0 aliphatic rings. The lowest BCUT2D eigenvalue weighted by Crippen LogP contribution is -2.34. The van der Waals surface area contributed by atoms with Gasteiger partial charge in [0.2, 0.25) is 0 Å². The zero-order valence-electron chi connectivity index (χ0n) is 7.34. The minimum absolute atomic E-state index is 0.316. The van der Waals surface area contributed by atoms with Crippen LogP contribution < -0.4 is 10.4 Å². The summed E-state index contributed by atoms with van der Waals surface area (Å²) >= 11 is 0. The molecule has 0 radical (unpaired) electrons. The second-order valence-electron chi connectivity index (χ2n) is 2.92. The van der Waals surface area contributed by atoms with Gasteiger partial charge in [0.15, 0.2) is 0 Å². The third-order valence-electron chi connectivity index (χ3n) is 1.61. The minimum Gasteiger partial charge on any atom is -0.445 e. The van der Waals surface area contributed by atoms with E-state index in [1.54, 1.807) is 14.1 Å². The molecule has 0 unspecified atom stereocenters. The van der Waals surface area contributed by atoms with Gasteiger partial charge in [0.25, 0.3) is 0 Å². The van der Waals surface area contributed by atoms with E-state index >= 15 is 0 Å². The van der Waals surface area contributed by atoms with Crippen molar-refractivity contribution < 1.29 is 12.9 Å². The molecule has 0 N–H and O–H groups in total. The molecule has 1 aromatic heterocycles. The summed E-state index contributed by atoms with van der Waals surface area (Å²) in [5.74, 6) is 0.316. The normalized spacial score (nSPS) is 11.5. The Bertz CT molecular complexity index is 298. The Kier molecular flexibility index (Phi) is 2.49. The maximum absolute atomic E-state index is 12.2. The predicted molar refractivity (Wildman–Crippen MR) is 47.3 cm³/mol. The van der Waals surface area contributed by atoms with Crippen LogP contribution in [0.3, 0.4) is 0 Å². The maximum atomic E-state index is 12.2. The van der Waals surface area contributed by atoms with Crippen molar-refractivity contribution in [2.24, 2.45) is 0 Å². The van der Waals surface area contributed by atoms with Gasteiger partial charge in [0.1, 0.15) is 5.82 Å². The number of aromatic nitrogens is 1. The van der Waals surface area contributed by atoms with E-state index in [-0.39, 0.29) is 0 Å². The van der Waals surface area contributed by atoms with E-state index < -0.39 is 12.4 Å². The molecule has 72 valence electrons. The smallest absolute Gasteiger partial charge is 0.445 e. The third-order valence-corrected chi connectivity index (χ3v) is 1.61. The fourth-order valence-corrected chi connectivity index (χ4v) is 0.882. The van der Waals surface area contributed by atoms with Crippen molar-refractivity contribution in [3.05, 3.63) is 18.3 Å². The van der Waals surface area contributed by atoms with Crippen molar-refractivity contribution in [3.8, 4) is 0 Å². The highest BCUT2D eigenvalue weighted by atomic mass is 19.4. The van der Waals surface area contributed by atoms with Crippen LogP contribution >= 0.6 is 0 Å². The molecule has 0 atom stereocenters. The van der Waals surface area contributed by atoms with Gasteiger partial charge in [0.05, 0.1) is 0 Å². The van der Waals surface area contributed by atoms with Crippen LogP contribution in [0.15, 0.2) is 18.3 Å². The van der Waals surface area contributed by atoms with Gasteiger partial charge >= 0.3 is 6.98 Å². The standard InChI is InChI=1S/C7H9BF3N2/c1-13(2)7-5-6(3-4-12-7)8(9,10)11/h3-5H,1-2H3/q-1. The number of rotatable bonds is 2. The fraction of sp³-hybridized carbons (Fsp3) is 0.286. The second kappa shape index (κ2) is 3.28. The molecule has 0 saturated heterocycles. The molecule has 0 spiro atoms. The van der Waals surface area contributed by atoms with Crippen molar-refractivity contribution >= 4 is 18.3 Å². The van der Waals surface area contributed by atoms with Crippen LogP contribution in [0.1, 0.15) is 0 Å². The summed E-state index contributed by atoms with van der Waals surface area (Å²) in [5, 5.41) is 0. The SMILES string of the molecule is CN(C)c1cc([B-](F)(F)F)ccn1. The summed E-state index contributed by atoms with van der Waals surface area (Å²) in [5.41, 5.74) is -0.612. The highest BCUT2D eigenvalue weighted by Gasteiger charge is 2.25. The summed E-state index contributed by atoms with van der Waals surface area (Å²) in [4.78, 5) is 5.32. The monoisotopic (exact) mass is 189 g/mol. The van der Waals surface area contributed by atoms with Gasteiger partial charge in [-0.3, -0.25) is 0 Å². The topological polar surface area (TPSA) is 16.1 Å². The Labute approximate surface area is 74.4 Å². The molecule has 1 rings (SSSR count). The lowest BCUT2D eigenvalue weighted by molar-refractivity contribution is 0.501. The molecule has 0 aliphatic carbocycles. The molecule has 0 bridgehead atoms. The second-order valence-corrected chi connectivity index (χ2v) is 2.92. The molecular weight excluding hydrogens is 180 g/mol. The zero-order chi connectivity index (χ0) is 10.1.